The number of rotatable bonds is 3. The second-order valence-corrected chi connectivity index (χ2v) is 6.24. The molecule has 1 atom stereocenters. The minimum absolute atomic E-state index is 0.207. The van der Waals surface area contributed by atoms with Crippen molar-refractivity contribution in [2.75, 3.05) is 6.54 Å². The van der Waals surface area contributed by atoms with Crippen molar-refractivity contribution in [3.8, 4) is 0 Å². The fourth-order valence-corrected chi connectivity index (χ4v) is 3.57. The maximum Gasteiger partial charge on any atom is 0.329 e. The van der Waals surface area contributed by atoms with Gasteiger partial charge in [-0.15, -0.1) is 0 Å². The van der Waals surface area contributed by atoms with Crippen molar-refractivity contribution >= 4 is 11.9 Å². The van der Waals surface area contributed by atoms with Crippen molar-refractivity contribution in [3.05, 3.63) is 18.0 Å². The highest BCUT2D eigenvalue weighted by Gasteiger charge is 2.46. The third-order valence-electron chi connectivity index (χ3n) is 4.91. The number of aromatic nitrogens is 2. The Labute approximate surface area is 123 Å². The van der Waals surface area contributed by atoms with Crippen LogP contribution >= 0.6 is 0 Å². The molecule has 0 spiro atoms. The lowest BCUT2D eigenvalue weighted by Gasteiger charge is -2.31. The Morgan fingerprint density at radius 1 is 1.33 bits per heavy atom. The van der Waals surface area contributed by atoms with Crippen LogP contribution in [-0.4, -0.2) is 43.7 Å². The van der Waals surface area contributed by atoms with Crippen molar-refractivity contribution < 1.29 is 14.7 Å². The molecule has 1 aliphatic heterocycles. The quantitative estimate of drug-likeness (QED) is 0.925. The molecule has 6 nitrogen and oxygen atoms in total. The highest BCUT2D eigenvalue weighted by Crippen LogP contribution is 2.33. The van der Waals surface area contributed by atoms with Gasteiger partial charge in [-0.25, -0.2) is 4.79 Å². The summed E-state index contributed by atoms with van der Waals surface area (Å²) in [7, 11) is 0. The molecule has 21 heavy (non-hydrogen) atoms. The largest absolute Gasteiger partial charge is 0.480 e. The number of hydrogen-bond acceptors (Lipinski definition) is 3. The Balaban J connectivity index is 1.89. The van der Waals surface area contributed by atoms with Gasteiger partial charge in [-0.1, -0.05) is 12.8 Å². The number of likely N-dealkylation sites (tertiary alicyclic amines) is 1. The van der Waals surface area contributed by atoms with Gasteiger partial charge < -0.3 is 10.0 Å². The molecule has 0 bridgehead atoms. The molecule has 1 aromatic heterocycles. The van der Waals surface area contributed by atoms with Gasteiger partial charge >= 0.3 is 5.97 Å². The number of aliphatic carboxylic acids is 1. The van der Waals surface area contributed by atoms with Crippen LogP contribution in [0.2, 0.25) is 0 Å². The standard InChI is InChI=1S/C15H21N3O3/c1-15(14(20)21)8-4-10-17(15)13(19)12-7-9-16-18(12)11-5-2-3-6-11/h7,9,11H,2-6,8,10H2,1H3,(H,20,21). The summed E-state index contributed by atoms with van der Waals surface area (Å²) in [6, 6.07) is 1.99. The third kappa shape index (κ3) is 2.22. The summed E-state index contributed by atoms with van der Waals surface area (Å²) >= 11 is 0. The number of carbonyl (C=O) groups excluding carboxylic acids is 1. The molecule has 1 amide bonds. The Morgan fingerprint density at radius 3 is 2.71 bits per heavy atom. The summed E-state index contributed by atoms with van der Waals surface area (Å²) in [5, 5.41) is 13.8. The Morgan fingerprint density at radius 2 is 2.05 bits per heavy atom. The third-order valence-corrected chi connectivity index (χ3v) is 4.91. The molecule has 2 aliphatic rings. The fourth-order valence-electron chi connectivity index (χ4n) is 3.57. The van der Waals surface area contributed by atoms with Crippen molar-refractivity contribution in [1.82, 2.24) is 14.7 Å². The second-order valence-electron chi connectivity index (χ2n) is 6.24. The van der Waals surface area contributed by atoms with E-state index in [1.165, 1.54) is 4.90 Å². The topological polar surface area (TPSA) is 75.4 Å². The van der Waals surface area contributed by atoms with Crippen molar-refractivity contribution in [2.24, 2.45) is 0 Å². The summed E-state index contributed by atoms with van der Waals surface area (Å²) in [4.78, 5) is 25.8. The van der Waals surface area contributed by atoms with E-state index in [1.54, 1.807) is 23.9 Å². The van der Waals surface area contributed by atoms with Crippen LogP contribution in [0.15, 0.2) is 12.3 Å². The zero-order valence-corrected chi connectivity index (χ0v) is 12.3. The molecule has 3 rings (SSSR count). The molecule has 6 heteroatoms. The fraction of sp³-hybridized carbons (Fsp3) is 0.667. The van der Waals surface area contributed by atoms with E-state index in [0.717, 1.165) is 32.1 Å². The molecular weight excluding hydrogens is 270 g/mol. The normalized spacial score (nSPS) is 26.4. The van der Waals surface area contributed by atoms with Gasteiger partial charge in [0.15, 0.2) is 0 Å². The minimum Gasteiger partial charge on any atom is -0.480 e. The summed E-state index contributed by atoms with van der Waals surface area (Å²) in [6.07, 6.45) is 7.28. The number of nitrogens with zero attached hydrogens (tertiary/aromatic N) is 3. The van der Waals surface area contributed by atoms with E-state index in [2.05, 4.69) is 5.10 Å². The molecule has 1 aliphatic carbocycles. The van der Waals surface area contributed by atoms with Crippen molar-refractivity contribution in [1.29, 1.82) is 0 Å². The van der Waals surface area contributed by atoms with Crippen LogP contribution < -0.4 is 0 Å². The molecule has 0 aromatic carbocycles. The van der Waals surface area contributed by atoms with Crippen LogP contribution in [0.1, 0.15) is 62.0 Å². The average Bonchev–Trinajstić information content (AvgIpc) is 3.18. The first-order chi connectivity index (χ1) is 10.0. The van der Waals surface area contributed by atoms with Crippen LogP contribution in [0.4, 0.5) is 0 Å². The van der Waals surface area contributed by atoms with Crippen LogP contribution in [0.25, 0.3) is 0 Å². The molecule has 2 fully saturated rings. The first-order valence-corrected chi connectivity index (χ1v) is 7.63. The van der Waals surface area contributed by atoms with Crippen molar-refractivity contribution in [3.63, 3.8) is 0 Å². The summed E-state index contributed by atoms with van der Waals surface area (Å²) in [5.74, 6) is -1.14. The first-order valence-electron chi connectivity index (χ1n) is 7.63. The van der Waals surface area contributed by atoms with Gasteiger partial charge in [-0.3, -0.25) is 9.48 Å². The van der Waals surface area contributed by atoms with E-state index in [-0.39, 0.29) is 11.9 Å². The van der Waals surface area contributed by atoms with E-state index in [4.69, 9.17) is 0 Å². The lowest BCUT2D eigenvalue weighted by atomic mass is 9.99. The van der Waals surface area contributed by atoms with Gasteiger partial charge in [0.2, 0.25) is 0 Å². The molecule has 1 saturated heterocycles. The highest BCUT2D eigenvalue weighted by atomic mass is 16.4. The number of carbonyl (C=O) groups is 2. The summed E-state index contributed by atoms with van der Waals surface area (Å²) < 4.78 is 1.80. The Hall–Kier alpha value is -1.85. The smallest absolute Gasteiger partial charge is 0.329 e. The Bertz CT molecular complexity index is 562. The van der Waals surface area contributed by atoms with Crippen LogP contribution in [0.3, 0.4) is 0 Å². The van der Waals surface area contributed by atoms with Crippen molar-refractivity contribution in [2.45, 2.75) is 57.0 Å². The zero-order valence-electron chi connectivity index (χ0n) is 12.3. The lowest BCUT2D eigenvalue weighted by molar-refractivity contribution is -0.147. The Kier molecular flexibility index (Phi) is 3.47. The predicted molar refractivity (Wildman–Crippen MR) is 76.0 cm³/mol. The van der Waals surface area contributed by atoms with Gasteiger partial charge in [-0.05, 0) is 38.7 Å². The summed E-state index contributed by atoms with van der Waals surface area (Å²) in [5.41, 5.74) is -0.571. The van der Waals surface area contributed by atoms with E-state index in [0.29, 0.717) is 18.7 Å². The highest BCUT2D eigenvalue weighted by molar-refractivity contribution is 5.97. The SMILES string of the molecule is CC1(C(=O)O)CCCN1C(=O)c1ccnn1C1CCCC1. The number of carboxylic acid groups (broad SMARTS) is 1. The van der Waals surface area contributed by atoms with Gasteiger partial charge in [0.05, 0.1) is 6.04 Å². The molecule has 114 valence electrons. The maximum absolute atomic E-state index is 12.8. The molecule has 1 aromatic rings. The van der Waals surface area contributed by atoms with E-state index in [9.17, 15) is 14.7 Å². The minimum atomic E-state index is -1.10. The molecular formula is C15H21N3O3. The molecule has 1 unspecified atom stereocenters. The molecule has 1 saturated carbocycles. The first kappa shape index (κ1) is 14.1. The monoisotopic (exact) mass is 291 g/mol. The summed E-state index contributed by atoms with van der Waals surface area (Å²) in [6.45, 7) is 2.13. The van der Waals surface area contributed by atoms with Crippen LogP contribution in [-0.2, 0) is 4.79 Å². The van der Waals surface area contributed by atoms with E-state index < -0.39 is 11.5 Å². The molecule has 0 radical (unpaired) electrons. The number of carboxylic acids is 1. The number of amides is 1. The maximum atomic E-state index is 12.8. The molecule has 2 heterocycles. The zero-order chi connectivity index (χ0) is 15.0. The second kappa shape index (κ2) is 5.16. The number of hydrogen-bond donors (Lipinski definition) is 1. The van der Waals surface area contributed by atoms with Gasteiger partial charge in [0.1, 0.15) is 11.2 Å². The van der Waals surface area contributed by atoms with Gasteiger partial charge in [0.25, 0.3) is 5.91 Å². The lowest BCUT2D eigenvalue weighted by Crippen LogP contribution is -2.51. The van der Waals surface area contributed by atoms with E-state index in [1.807, 2.05) is 0 Å². The van der Waals surface area contributed by atoms with Crippen LogP contribution in [0.5, 0.6) is 0 Å². The predicted octanol–water partition coefficient (Wildman–Crippen LogP) is 2.08. The van der Waals surface area contributed by atoms with Gasteiger partial charge in [-0.2, -0.15) is 5.10 Å². The average molecular weight is 291 g/mol. The van der Waals surface area contributed by atoms with E-state index >= 15 is 0 Å². The van der Waals surface area contributed by atoms with Crippen LogP contribution in [0, 0.1) is 0 Å². The molecule has 1 N–H and O–H groups in total. The van der Waals surface area contributed by atoms with Gasteiger partial charge in [0, 0.05) is 12.7 Å².